The van der Waals surface area contributed by atoms with Crippen molar-refractivity contribution in [2.75, 3.05) is 0 Å². The lowest BCUT2D eigenvalue weighted by Gasteiger charge is -1.97. The molecule has 2 rings (SSSR count). The van der Waals surface area contributed by atoms with E-state index < -0.39 is 0 Å². The molecule has 0 N–H and O–H groups in total. The van der Waals surface area contributed by atoms with E-state index >= 15 is 0 Å². The Morgan fingerprint density at radius 3 is 2.40 bits per heavy atom. The molecule has 0 radical (unpaired) electrons. The zero-order chi connectivity index (χ0) is 10.7. The highest BCUT2D eigenvalue weighted by atomic mass is 14.9. The third-order valence-corrected chi connectivity index (χ3v) is 2.41. The molecular weight excluding hydrogens is 182 g/mol. The van der Waals surface area contributed by atoms with E-state index in [9.17, 15) is 0 Å². The number of nitrogens with zero attached hydrogens (tertiary/aromatic N) is 1. The minimum atomic E-state index is 1.23. The van der Waals surface area contributed by atoms with E-state index in [2.05, 4.69) is 55.1 Å². The Balaban J connectivity index is 2.22. The summed E-state index contributed by atoms with van der Waals surface area (Å²) in [6.07, 6.45) is 6.35. The van der Waals surface area contributed by atoms with Crippen molar-refractivity contribution in [2.24, 2.45) is 0 Å². The van der Waals surface area contributed by atoms with Crippen LogP contribution in [0.1, 0.15) is 16.8 Å². The number of hydrogen-bond donors (Lipinski definition) is 0. The zero-order valence-corrected chi connectivity index (χ0v) is 9.14. The highest BCUT2D eigenvalue weighted by molar-refractivity contribution is 5.60. The van der Waals surface area contributed by atoms with Crippen molar-refractivity contribution in [3.05, 3.63) is 59.4 Å². The maximum atomic E-state index is 2.18. The van der Waals surface area contributed by atoms with Crippen molar-refractivity contribution in [3.8, 4) is 0 Å². The highest BCUT2D eigenvalue weighted by Gasteiger charge is 1.93. The monoisotopic (exact) mass is 197 g/mol. The van der Waals surface area contributed by atoms with Gasteiger partial charge in [-0.25, -0.2) is 0 Å². The molecule has 0 atom stereocenters. The number of benzene rings is 1. The van der Waals surface area contributed by atoms with Crippen LogP contribution in [-0.2, 0) is 0 Å². The van der Waals surface area contributed by atoms with Crippen LogP contribution in [0.25, 0.3) is 12.3 Å². The smallest absolute Gasteiger partial charge is 0.0192 e. The van der Waals surface area contributed by atoms with Crippen LogP contribution in [0.4, 0.5) is 0 Å². The van der Waals surface area contributed by atoms with Crippen LogP contribution in [0.2, 0.25) is 0 Å². The van der Waals surface area contributed by atoms with Crippen molar-refractivity contribution in [2.45, 2.75) is 13.8 Å². The van der Waals surface area contributed by atoms with Crippen LogP contribution in [0.5, 0.6) is 0 Å². The van der Waals surface area contributed by atoms with Gasteiger partial charge in [0.05, 0.1) is 0 Å². The molecule has 0 unspecified atom stereocenters. The molecule has 1 heterocycles. The summed E-state index contributed by atoms with van der Waals surface area (Å²) in [5.74, 6) is 0. The average Bonchev–Trinajstić information content (AvgIpc) is 2.56. The molecule has 15 heavy (non-hydrogen) atoms. The van der Waals surface area contributed by atoms with Crippen LogP contribution < -0.4 is 0 Å². The van der Waals surface area contributed by atoms with Gasteiger partial charge < -0.3 is 4.57 Å². The van der Waals surface area contributed by atoms with Gasteiger partial charge in [-0.15, -0.1) is 0 Å². The summed E-state index contributed by atoms with van der Waals surface area (Å²) in [6.45, 7) is 4.22. The molecule has 0 aliphatic heterocycles. The lowest BCUT2D eigenvalue weighted by atomic mass is 10.2. The van der Waals surface area contributed by atoms with Crippen LogP contribution in [0, 0.1) is 13.8 Å². The average molecular weight is 197 g/mol. The quantitative estimate of drug-likeness (QED) is 0.691. The topological polar surface area (TPSA) is 4.93 Å². The minimum Gasteiger partial charge on any atom is -0.328 e. The molecule has 0 aliphatic rings. The van der Waals surface area contributed by atoms with E-state index in [0.717, 1.165) is 0 Å². The summed E-state index contributed by atoms with van der Waals surface area (Å²) in [4.78, 5) is 0. The predicted octanol–water partition coefficient (Wildman–Crippen LogP) is 3.73. The van der Waals surface area contributed by atoms with Crippen molar-refractivity contribution in [3.63, 3.8) is 0 Å². The second-order valence-electron chi connectivity index (χ2n) is 3.79. The Bertz CT molecular complexity index is 463. The van der Waals surface area contributed by atoms with Gasteiger partial charge in [0.15, 0.2) is 0 Å². The Kier molecular flexibility index (Phi) is 2.72. The van der Waals surface area contributed by atoms with E-state index in [0.29, 0.717) is 0 Å². The molecule has 2 aromatic rings. The van der Waals surface area contributed by atoms with Crippen molar-refractivity contribution in [1.29, 1.82) is 0 Å². The second-order valence-corrected chi connectivity index (χ2v) is 3.79. The highest BCUT2D eigenvalue weighted by Crippen LogP contribution is 2.09. The maximum absolute atomic E-state index is 2.18. The van der Waals surface area contributed by atoms with E-state index in [-0.39, 0.29) is 0 Å². The summed E-state index contributed by atoms with van der Waals surface area (Å²) in [5, 5.41) is 0. The largest absolute Gasteiger partial charge is 0.328 e. The molecule has 0 fully saturated rings. The summed E-state index contributed by atoms with van der Waals surface area (Å²) in [6, 6.07) is 12.5. The normalized spacial score (nSPS) is 11.1. The fourth-order valence-electron chi connectivity index (χ4n) is 1.65. The predicted molar refractivity (Wildman–Crippen MR) is 65.6 cm³/mol. The number of aromatic nitrogens is 1. The van der Waals surface area contributed by atoms with E-state index in [1.807, 2.05) is 18.2 Å². The Labute approximate surface area is 90.7 Å². The Morgan fingerprint density at radius 2 is 1.80 bits per heavy atom. The first-order valence-corrected chi connectivity index (χ1v) is 5.14. The third kappa shape index (κ3) is 2.38. The van der Waals surface area contributed by atoms with Gasteiger partial charge in [0.1, 0.15) is 0 Å². The van der Waals surface area contributed by atoms with Crippen LogP contribution >= 0.6 is 0 Å². The molecule has 0 saturated heterocycles. The van der Waals surface area contributed by atoms with Gasteiger partial charge in [0.25, 0.3) is 0 Å². The van der Waals surface area contributed by atoms with Gasteiger partial charge in [0, 0.05) is 18.1 Å². The Hall–Kier alpha value is -1.76. The van der Waals surface area contributed by atoms with Gasteiger partial charge in [-0.3, -0.25) is 0 Å². The van der Waals surface area contributed by atoms with E-state index in [1.54, 1.807) is 0 Å². The van der Waals surface area contributed by atoms with Crippen LogP contribution in [-0.4, -0.2) is 4.57 Å². The first-order chi connectivity index (χ1) is 7.25. The van der Waals surface area contributed by atoms with Crippen molar-refractivity contribution in [1.82, 2.24) is 4.57 Å². The fraction of sp³-hybridized carbons (Fsp3) is 0.143. The van der Waals surface area contributed by atoms with Crippen LogP contribution in [0.15, 0.2) is 42.6 Å². The first kappa shape index (κ1) is 9.78. The molecule has 1 nitrogen and oxygen atoms in total. The van der Waals surface area contributed by atoms with Gasteiger partial charge in [0.2, 0.25) is 0 Å². The number of hydrogen-bond acceptors (Lipinski definition) is 0. The fourth-order valence-corrected chi connectivity index (χ4v) is 1.65. The molecule has 1 aromatic heterocycles. The van der Waals surface area contributed by atoms with Crippen molar-refractivity contribution >= 4 is 12.3 Å². The molecule has 76 valence electrons. The summed E-state index contributed by atoms with van der Waals surface area (Å²) in [5.41, 5.74) is 3.79. The molecule has 1 heteroatoms. The lowest BCUT2D eigenvalue weighted by Crippen LogP contribution is -1.85. The molecule has 1 aromatic carbocycles. The SMILES string of the molecule is Cc1cc(C)n(/C=C\c2ccccc2)c1. The standard InChI is InChI=1S/C14H15N/c1-12-10-13(2)15(11-12)9-8-14-6-4-3-5-7-14/h3-11H,1-2H3/b9-8-. The third-order valence-electron chi connectivity index (χ3n) is 2.41. The van der Waals surface area contributed by atoms with Gasteiger partial charge in [-0.05, 0) is 37.1 Å². The van der Waals surface area contributed by atoms with Gasteiger partial charge in [-0.2, -0.15) is 0 Å². The summed E-state index contributed by atoms with van der Waals surface area (Å²) in [7, 11) is 0. The first-order valence-electron chi connectivity index (χ1n) is 5.14. The molecule has 0 spiro atoms. The number of aryl methyl sites for hydroxylation is 2. The van der Waals surface area contributed by atoms with Crippen molar-refractivity contribution < 1.29 is 0 Å². The minimum absolute atomic E-state index is 1.23. The lowest BCUT2D eigenvalue weighted by molar-refractivity contribution is 1.09. The van der Waals surface area contributed by atoms with Gasteiger partial charge >= 0.3 is 0 Å². The maximum Gasteiger partial charge on any atom is 0.0192 e. The zero-order valence-electron chi connectivity index (χ0n) is 9.14. The summed E-state index contributed by atoms with van der Waals surface area (Å²) < 4.78 is 2.14. The summed E-state index contributed by atoms with van der Waals surface area (Å²) >= 11 is 0. The molecule has 0 amide bonds. The molecule has 0 aliphatic carbocycles. The molecular formula is C14H15N. The van der Waals surface area contributed by atoms with E-state index in [1.165, 1.54) is 16.8 Å². The second kappa shape index (κ2) is 4.18. The number of rotatable bonds is 2. The molecule has 0 saturated carbocycles. The van der Waals surface area contributed by atoms with E-state index in [4.69, 9.17) is 0 Å². The van der Waals surface area contributed by atoms with Crippen LogP contribution in [0.3, 0.4) is 0 Å². The molecule has 0 bridgehead atoms. The van der Waals surface area contributed by atoms with Gasteiger partial charge in [-0.1, -0.05) is 30.3 Å². The Morgan fingerprint density at radius 1 is 1.07 bits per heavy atom.